The molecule has 0 spiro atoms. The molecule has 2 heterocycles. The van der Waals surface area contributed by atoms with Crippen LogP contribution in [0, 0.1) is 0 Å². The van der Waals surface area contributed by atoms with Crippen LogP contribution in [-0.4, -0.2) is 37.6 Å². The molecule has 31 heavy (non-hydrogen) atoms. The molecule has 0 unspecified atom stereocenters. The van der Waals surface area contributed by atoms with E-state index in [0.717, 1.165) is 12.5 Å². The van der Waals surface area contributed by atoms with E-state index < -0.39 is 0 Å². The molecule has 0 atom stereocenters. The van der Waals surface area contributed by atoms with Crippen LogP contribution in [0.4, 0.5) is 0 Å². The zero-order chi connectivity index (χ0) is 21.3. The topological polar surface area (TPSA) is 85.0 Å². The number of guanidine groups is 1. The van der Waals surface area contributed by atoms with Gasteiger partial charge >= 0.3 is 0 Å². The summed E-state index contributed by atoms with van der Waals surface area (Å²) in [6.07, 6.45) is 7.05. The van der Waals surface area contributed by atoms with Crippen LogP contribution in [0.1, 0.15) is 22.3 Å². The molecule has 0 radical (unpaired) electrons. The van der Waals surface area contributed by atoms with Gasteiger partial charge in [0.05, 0.1) is 13.1 Å². The third kappa shape index (κ3) is 5.79. The summed E-state index contributed by atoms with van der Waals surface area (Å²) in [5.74, 6) is 0.760. The molecule has 0 aliphatic heterocycles. The van der Waals surface area contributed by atoms with Crippen LogP contribution in [0.2, 0.25) is 0 Å². The highest BCUT2D eigenvalue weighted by Crippen LogP contribution is 2.10. The van der Waals surface area contributed by atoms with Crippen molar-refractivity contribution in [2.75, 3.05) is 7.05 Å². The van der Waals surface area contributed by atoms with Crippen LogP contribution >= 0.6 is 0 Å². The predicted octanol–water partition coefficient (Wildman–Crippen LogP) is 2.44. The maximum atomic E-state index is 4.36. The van der Waals surface area contributed by atoms with Crippen molar-refractivity contribution in [3.05, 3.63) is 102 Å². The van der Waals surface area contributed by atoms with E-state index in [0.29, 0.717) is 19.6 Å². The first-order valence-corrected chi connectivity index (χ1v) is 10.2. The molecular formula is C23H26N8. The van der Waals surface area contributed by atoms with Gasteiger partial charge in [0.2, 0.25) is 0 Å². The molecule has 0 aliphatic rings. The van der Waals surface area contributed by atoms with Crippen molar-refractivity contribution in [3.63, 3.8) is 0 Å². The van der Waals surface area contributed by atoms with E-state index in [9.17, 15) is 0 Å². The summed E-state index contributed by atoms with van der Waals surface area (Å²) < 4.78 is 3.74. The van der Waals surface area contributed by atoms with Crippen molar-refractivity contribution < 1.29 is 0 Å². The highest BCUT2D eigenvalue weighted by Gasteiger charge is 2.05. The zero-order valence-electron chi connectivity index (χ0n) is 17.5. The molecule has 0 aliphatic carbocycles. The highest BCUT2D eigenvalue weighted by atomic mass is 15.3. The first-order valence-electron chi connectivity index (χ1n) is 10.2. The molecule has 0 saturated heterocycles. The second-order valence-corrected chi connectivity index (χ2v) is 7.16. The molecule has 8 nitrogen and oxygen atoms in total. The Hall–Kier alpha value is -3.94. The molecule has 4 rings (SSSR count). The fraction of sp³-hybridized carbons (Fsp3) is 0.217. The number of aromatic nitrogens is 5. The first kappa shape index (κ1) is 20.3. The van der Waals surface area contributed by atoms with Crippen LogP contribution in [0.15, 0.2) is 84.6 Å². The number of hydrogen-bond donors (Lipinski definition) is 2. The van der Waals surface area contributed by atoms with E-state index in [2.05, 4.69) is 79.3 Å². The van der Waals surface area contributed by atoms with E-state index >= 15 is 0 Å². The Morgan fingerprint density at radius 2 is 1.71 bits per heavy atom. The molecular weight excluding hydrogens is 388 g/mol. The van der Waals surface area contributed by atoms with Gasteiger partial charge in [-0.05, 0) is 28.3 Å². The van der Waals surface area contributed by atoms with Gasteiger partial charge in [-0.25, -0.2) is 9.67 Å². The summed E-state index contributed by atoms with van der Waals surface area (Å²) >= 11 is 0. The third-order valence-corrected chi connectivity index (χ3v) is 4.94. The van der Waals surface area contributed by atoms with E-state index in [-0.39, 0.29) is 0 Å². The van der Waals surface area contributed by atoms with Gasteiger partial charge in [0, 0.05) is 32.5 Å². The molecule has 158 valence electrons. The van der Waals surface area contributed by atoms with Crippen LogP contribution in [0.25, 0.3) is 0 Å². The van der Waals surface area contributed by atoms with Gasteiger partial charge < -0.3 is 10.6 Å². The molecule has 2 aromatic heterocycles. The Balaban J connectivity index is 1.33. The molecule has 2 aromatic carbocycles. The first-order chi connectivity index (χ1) is 15.3. The van der Waals surface area contributed by atoms with Gasteiger partial charge in [0.1, 0.15) is 12.7 Å². The maximum absolute atomic E-state index is 4.36. The lowest BCUT2D eigenvalue weighted by Gasteiger charge is -2.15. The molecule has 8 heteroatoms. The number of nitrogens with one attached hydrogen (secondary N) is 2. The Morgan fingerprint density at radius 1 is 0.871 bits per heavy atom. The minimum Gasteiger partial charge on any atom is -0.352 e. The molecule has 2 N–H and O–H groups in total. The van der Waals surface area contributed by atoms with Crippen molar-refractivity contribution in [1.29, 1.82) is 0 Å². The van der Waals surface area contributed by atoms with Crippen molar-refractivity contribution in [3.8, 4) is 0 Å². The molecule has 0 fully saturated rings. The summed E-state index contributed by atoms with van der Waals surface area (Å²) in [7, 11) is 1.78. The lowest BCUT2D eigenvalue weighted by molar-refractivity contribution is 0.677. The summed E-state index contributed by atoms with van der Waals surface area (Å²) in [6.45, 7) is 2.81. The van der Waals surface area contributed by atoms with Gasteiger partial charge in [-0.3, -0.25) is 9.67 Å². The van der Waals surface area contributed by atoms with Gasteiger partial charge in [-0.1, -0.05) is 48.5 Å². The molecule has 4 aromatic rings. The molecule has 0 bridgehead atoms. The number of nitrogens with zero attached hydrogens (tertiary/aromatic N) is 6. The lowest BCUT2D eigenvalue weighted by atomic mass is 10.1. The van der Waals surface area contributed by atoms with Gasteiger partial charge in [-0.2, -0.15) is 10.2 Å². The Morgan fingerprint density at radius 3 is 2.48 bits per heavy atom. The summed E-state index contributed by atoms with van der Waals surface area (Å²) in [5, 5.41) is 15.3. The number of aliphatic imine (C=N–C) groups is 1. The van der Waals surface area contributed by atoms with E-state index in [1.54, 1.807) is 25.9 Å². The highest BCUT2D eigenvalue weighted by molar-refractivity contribution is 5.79. The van der Waals surface area contributed by atoms with E-state index in [4.69, 9.17) is 0 Å². The Bertz CT molecular complexity index is 1100. The summed E-state index contributed by atoms with van der Waals surface area (Å²) in [6, 6.07) is 18.7. The summed E-state index contributed by atoms with van der Waals surface area (Å²) in [4.78, 5) is 8.36. The minimum absolute atomic E-state index is 0.680. The van der Waals surface area contributed by atoms with Crippen molar-refractivity contribution in [1.82, 2.24) is 35.2 Å². The SMILES string of the molecule is CN=C(NCc1cccc(Cn2cncn2)c1)NCc1ccccc1Cn1cccn1. The van der Waals surface area contributed by atoms with Gasteiger partial charge in [-0.15, -0.1) is 0 Å². The molecule has 0 saturated carbocycles. The average molecular weight is 415 g/mol. The van der Waals surface area contributed by atoms with Crippen molar-refractivity contribution in [2.24, 2.45) is 4.99 Å². The normalized spacial score (nSPS) is 11.5. The largest absolute Gasteiger partial charge is 0.352 e. The van der Waals surface area contributed by atoms with Crippen molar-refractivity contribution in [2.45, 2.75) is 26.2 Å². The fourth-order valence-electron chi connectivity index (χ4n) is 3.38. The second-order valence-electron chi connectivity index (χ2n) is 7.16. The van der Waals surface area contributed by atoms with E-state index in [1.165, 1.54) is 22.3 Å². The number of benzene rings is 2. The second kappa shape index (κ2) is 10.2. The average Bonchev–Trinajstić information content (AvgIpc) is 3.50. The smallest absolute Gasteiger partial charge is 0.191 e. The predicted molar refractivity (Wildman–Crippen MR) is 120 cm³/mol. The third-order valence-electron chi connectivity index (χ3n) is 4.94. The lowest BCUT2D eigenvalue weighted by Crippen LogP contribution is -2.36. The van der Waals surface area contributed by atoms with Gasteiger partial charge in [0.25, 0.3) is 0 Å². The Labute approximate surface area is 181 Å². The van der Waals surface area contributed by atoms with Gasteiger partial charge in [0.15, 0.2) is 5.96 Å². The van der Waals surface area contributed by atoms with Crippen LogP contribution in [0.3, 0.4) is 0 Å². The van der Waals surface area contributed by atoms with Crippen LogP contribution in [0.5, 0.6) is 0 Å². The fourth-order valence-corrected chi connectivity index (χ4v) is 3.38. The summed E-state index contributed by atoms with van der Waals surface area (Å²) in [5.41, 5.74) is 4.81. The Kier molecular flexibility index (Phi) is 6.69. The monoisotopic (exact) mass is 414 g/mol. The van der Waals surface area contributed by atoms with Crippen LogP contribution in [-0.2, 0) is 26.2 Å². The quantitative estimate of drug-likeness (QED) is 0.342. The maximum Gasteiger partial charge on any atom is 0.191 e. The standard InChI is InChI=1S/C23H26N8/c1-24-23(26-13-19-6-4-7-20(12-19)15-31-18-25-17-29-31)27-14-21-8-2-3-9-22(21)16-30-11-5-10-28-30/h2-12,17-18H,13-16H2,1H3,(H2,24,26,27). The number of rotatable bonds is 8. The van der Waals surface area contributed by atoms with Crippen LogP contribution < -0.4 is 10.6 Å². The minimum atomic E-state index is 0.680. The van der Waals surface area contributed by atoms with Crippen molar-refractivity contribution >= 4 is 5.96 Å². The van der Waals surface area contributed by atoms with E-state index in [1.807, 2.05) is 21.6 Å². The zero-order valence-corrected chi connectivity index (χ0v) is 17.5. The number of hydrogen-bond acceptors (Lipinski definition) is 4. The molecule has 0 amide bonds.